The molecule has 0 radical (unpaired) electrons. The van der Waals surface area contributed by atoms with Crippen molar-refractivity contribution in [2.24, 2.45) is 0 Å². The first-order valence-corrected chi connectivity index (χ1v) is 8.98. The van der Waals surface area contributed by atoms with Crippen molar-refractivity contribution in [2.45, 2.75) is 46.0 Å². The van der Waals surface area contributed by atoms with Gasteiger partial charge in [0, 0.05) is 16.6 Å². The number of benzene rings is 1. The molecule has 0 atom stereocenters. The van der Waals surface area contributed by atoms with E-state index in [2.05, 4.69) is 43.1 Å². The van der Waals surface area contributed by atoms with Crippen molar-refractivity contribution in [3.63, 3.8) is 0 Å². The normalized spacial score (nSPS) is 11.2. The lowest BCUT2D eigenvalue weighted by Gasteiger charge is -2.03. The summed E-state index contributed by atoms with van der Waals surface area (Å²) in [6, 6.07) is 8.23. The second-order valence-electron chi connectivity index (χ2n) is 5.33. The fraction of sp³-hybridized carbons (Fsp3) is 0.421. The van der Waals surface area contributed by atoms with E-state index < -0.39 is 0 Å². The molecule has 2 aromatic rings. The molecule has 1 aromatic heterocycles. The number of hydrogen-bond acceptors (Lipinski definition) is 3. The van der Waals surface area contributed by atoms with Gasteiger partial charge in [-0.05, 0) is 43.5 Å². The van der Waals surface area contributed by atoms with Gasteiger partial charge >= 0.3 is 0 Å². The summed E-state index contributed by atoms with van der Waals surface area (Å²) >= 11 is 1.80. The molecule has 1 heterocycles. The van der Waals surface area contributed by atoms with Gasteiger partial charge in [-0.25, -0.2) is 4.98 Å². The van der Waals surface area contributed by atoms with E-state index in [9.17, 15) is 0 Å². The van der Waals surface area contributed by atoms with Crippen LogP contribution in [0.15, 0.2) is 42.6 Å². The van der Waals surface area contributed by atoms with Gasteiger partial charge in [0.05, 0.1) is 0 Å². The second-order valence-corrected chi connectivity index (χ2v) is 6.45. The number of allylic oxidation sites excluding steroid dienone is 1. The predicted molar refractivity (Wildman–Crippen MR) is 95.7 cm³/mol. The van der Waals surface area contributed by atoms with E-state index in [0.29, 0.717) is 6.61 Å². The molecule has 0 amide bonds. The van der Waals surface area contributed by atoms with E-state index in [-0.39, 0.29) is 0 Å². The fourth-order valence-electron chi connectivity index (χ4n) is 2.10. The van der Waals surface area contributed by atoms with Crippen molar-refractivity contribution < 1.29 is 4.74 Å². The largest absolute Gasteiger partial charge is 0.490 e. The molecule has 0 spiro atoms. The molecular formula is C19H25NOS. The molecule has 118 valence electrons. The van der Waals surface area contributed by atoms with Crippen LogP contribution < -0.4 is 4.74 Å². The van der Waals surface area contributed by atoms with Crippen molar-refractivity contribution >= 4 is 11.3 Å². The van der Waals surface area contributed by atoms with Crippen molar-refractivity contribution in [3.8, 4) is 16.3 Å². The monoisotopic (exact) mass is 315 g/mol. The number of aromatic nitrogens is 1. The van der Waals surface area contributed by atoms with Gasteiger partial charge < -0.3 is 4.74 Å². The quantitative estimate of drug-likeness (QED) is 0.538. The molecule has 0 fully saturated rings. The van der Waals surface area contributed by atoms with Crippen molar-refractivity contribution in [1.29, 1.82) is 0 Å². The minimum Gasteiger partial charge on any atom is -0.490 e. The molecule has 0 saturated heterocycles. The molecule has 1 aromatic carbocycles. The van der Waals surface area contributed by atoms with Gasteiger partial charge in [-0.1, -0.05) is 38.8 Å². The van der Waals surface area contributed by atoms with Crippen LogP contribution in [-0.4, -0.2) is 11.6 Å². The Bertz CT molecular complexity index is 571. The highest BCUT2D eigenvalue weighted by Crippen LogP contribution is 2.27. The third-order valence-corrected chi connectivity index (χ3v) is 4.51. The Labute approximate surface area is 137 Å². The smallest absolute Gasteiger partial charge is 0.123 e. The highest BCUT2D eigenvalue weighted by Gasteiger charge is 2.04. The van der Waals surface area contributed by atoms with Crippen molar-refractivity contribution in [1.82, 2.24) is 4.98 Å². The topological polar surface area (TPSA) is 22.1 Å². The zero-order valence-electron chi connectivity index (χ0n) is 13.5. The molecule has 0 unspecified atom stereocenters. The molecule has 0 saturated carbocycles. The standard InChI is InChI=1S/C19H25NOS/c1-3-5-7-8-14-21-17-12-10-16(11-13-17)19-20-15-18(22-19)9-6-4-2/h7-8,10-13,15H,3-6,9,14H2,1-2H3. The number of aryl methyl sites for hydroxylation is 1. The van der Waals surface area contributed by atoms with E-state index in [1.165, 1.54) is 29.7 Å². The van der Waals surface area contributed by atoms with Gasteiger partial charge in [0.1, 0.15) is 17.4 Å². The molecule has 2 nitrogen and oxygen atoms in total. The number of unbranched alkanes of at least 4 members (excludes halogenated alkanes) is 2. The van der Waals surface area contributed by atoms with Gasteiger partial charge in [0.25, 0.3) is 0 Å². The summed E-state index contributed by atoms with van der Waals surface area (Å²) in [6.07, 6.45) is 12.2. The van der Waals surface area contributed by atoms with Crippen molar-refractivity contribution in [3.05, 3.63) is 47.5 Å². The third kappa shape index (κ3) is 5.30. The van der Waals surface area contributed by atoms with Gasteiger partial charge in [-0.15, -0.1) is 11.3 Å². The summed E-state index contributed by atoms with van der Waals surface area (Å²) in [5.74, 6) is 0.910. The van der Waals surface area contributed by atoms with Gasteiger partial charge in [0.2, 0.25) is 0 Å². The van der Waals surface area contributed by atoms with Crippen LogP contribution in [0.25, 0.3) is 10.6 Å². The van der Waals surface area contributed by atoms with Crippen LogP contribution in [-0.2, 0) is 6.42 Å². The maximum Gasteiger partial charge on any atom is 0.123 e. The second kappa shape index (κ2) is 9.42. The lowest BCUT2D eigenvalue weighted by molar-refractivity contribution is 0.362. The Morgan fingerprint density at radius 1 is 1.09 bits per heavy atom. The Morgan fingerprint density at radius 3 is 2.64 bits per heavy atom. The number of ether oxygens (including phenoxy) is 1. The van der Waals surface area contributed by atoms with E-state index in [4.69, 9.17) is 4.74 Å². The van der Waals surface area contributed by atoms with E-state index in [1.54, 1.807) is 11.3 Å². The maximum atomic E-state index is 5.70. The average molecular weight is 315 g/mol. The lowest BCUT2D eigenvalue weighted by Crippen LogP contribution is -1.92. The number of nitrogens with zero attached hydrogens (tertiary/aromatic N) is 1. The summed E-state index contributed by atoms with van der Waals surface area (Å²) in [5, 5.41) is 1.10. The first-order chi connectivity index (χ1) is 10.8. The maximum absolute atomic E-state index is 5.70. The molecule has 3 heteroatoms. The molecule has 0 bridgehead atoms. The summed E-state index contributed by atoms with van der Waals surface area (Å²) in [5.41, 5.74) is 1.17. The summed E-state index contributed by atoms with van der Waals surface area (Å²) < 4.78 is 5.70. The zero-order valence-corrected chi connectivity index (χ0v) is 14.4. The average Bonchev–Trinajstić information content (AvgIpc) is 3.02. The highest BCUT2D eigenvalue weighted by atomic mass is 32.1. The first-order valence-electron chi connectivity index (χ1n) is 8.16. The van der Waals surface area contributed by atoms with Crippen LogP contribution in [0.2, 0.25) is 0 Å². The SMILES string of the molecule is CCCC=CCOc1ccc(-c2ncc(CCCC)s2)cc1. The van der Waals surface area contributed by atoms with Crippen LogP contribution in [0.5, 0.6) is 5.75 Å². The number of thiazole rings is 1. The van der Waals surface area contributed by atoms with Crippen LogP contribution in [0.4, 0.5) is 0 Å². The Morgan fingerprint density at radius 2 is 1.91 bits per heavy atom. The lowest BCUT2D eigenvalue weighted by atomic mass is 10.2. The fourth-order valence-corrected chi connectivity index (χ4v) is 3.06. The molecule has 0 aliphatic carbocycles. The van der Waals surface area contributed by atoms with Crippen LogP contribution in [0, 0.1) is 0 Å². The van der Waals surface area contributed by atoms with Gasteiger partial charge in [-0.3, -0.25) is 0 Å². The highest BCUT2D eigenvalue weighted by molar-refractivity contribution is 7.15. The van der Waals surface area contributed by atoms with Crippen LogP contribution in [0.3, 0.4) is 0 Å². The molecule has 0 N–H and O–H groups in total. The minimum atomic E-state index is 0.637. The summed E-state index contributed by atoms with van der Waals surface area (Å²) in [4.78, 5) is 5.90. The Balaban J connectivity index is 1.89. The van der Waals surface area contributed by atoms with Crippen LogP contribution >= 0.6 is 11.3 Å². The van der Waals surface area contributed by atoms with Crippen molar-refractivity contribution in [2.75, 3.05) is 6.61 Å². The summed E-state index contributed by atoms with van der Waals surface area (Å²) in [6.45, 7) is 5.03. The van der Waals surface area contributed by atoms with Gasteiger partial charge in [-0.2, -0.15) is 0 Å². The number of rotatable bonds is 9. The minimum absolute atomic E-state index is 0.637. The van der Waals surface area contributed by atoms with E-state index in [1.807, 2.05) is 18.3 Å². The third-order valence-electron chi connectivity index (χ3n) is 3.40. The first kappa shape index (κ1) is 16.8. The molecule has 2 rings (SSSR count). The molecule has 0 aliphatic rings. The van der Waals surface area contributed by atoms with Crippen LogP contribution in [0.1, 0.15) is 44.4 Å². The Hall–Kier alpha value is -1.61. The molecular weight excluding hydrogens is 290 g/mol. The number of hydrogen-bond donors (Lipinski definition) is 0. The summed E-state index contributed by atoms with van der Waals surface area (Å²) in [7, 11) is 0. The molecule has 22 heavy (non-hydrogen) atoms. The zero-order chi connectivity index (χ0) is 15.6. The van der Waals surface area contributed by atoms with E-state index in [0.717, 1.165) is 23.6 Å². The van der Waals surface area contributed by atoms with Gasteiger partial charge in [0.15, 0.2) is 0 Å². The predicted octanol–water partition coefficient (Wildman–Crippen LogP) is 5.89. The van der Waals surface area contributed by atoms with E-state index >= 15 is 0 Å². The molecule has 0 aliphatic heterocycles. The Kier molecular flexibility index (Phi) is 7.17.